The van der Waals surface area contributed by atoms with E-state index >= 15 is 0 Å². The number of aryl methyl sites for hydroxylation is 1. The maximum atomic E-state index is 13.0. The molecule has 4 nitrogen and oxygen atoms in total. The van der Waals surface area contributed by atoms with E-state index < -0.39 is 0 Å². The van der Waals surface area contributed by atoms with Gasteiger partial charge in [0, 0.05) is 20.6 Å². The van der Waals surface area contributed by atoms with Crippen LogP contribution in [0.4, 0.5) is 4.39 Å². The standard InChI is InChI=1S/C22H17BrClFN2O2/c1-14-2-5-16(11-20(14)24)22(28)27-26-12-17-10-18(23)6-9-21(17)29-13-15-3-7-19(25)8-4-15/h2-12H,13H2,1H3,(H,27,28)/b26-12-. The minimum Gasteiger partial charge on any atom is -0.488 e. The lowest BCUT2D eigenvalue weighted by molar-refractivity contribution is 0.0955. The van der Waals surface area contributed by atoms with Gasteiger partial charge in [0.15, 0.2) is 0 Å². The van der Waals surface area contributed by atoms with Crippen molar-refractivity contribution in [2.75, 3.05) is 0 Å². The molecule has 0 aliphatic carbocycles. The van der Waals surface area contributed by atoms with Crippen molar-refractivity contribution < 1.29 is 13.9 Å². The minimum atomic E-state index is -0.369. The Morgan fingerprint density at radius 3 is 2.66 bits per heavy atom. The summed E-state index contributed by atoms with van der Waals surface area (Å²) in [6.45, 7) is 2.14. The highest BCUT2D eigenvalue weighted by atomic mass is 79.9. The van der Waals surface area contributed by atoms with Crippen LogP contribution in [0.5, 0.6) is 5.75 Å². The van der Waals surface area contributed by atoms with Gasteiger partial charge >= 0.3 is 0 Å². The van der Waals surface area contributed by atoms with Gasteiger partial charge in [-0.2, -0.15) is 5.10 Å². The smallest absolute Gasteiger partial charge is 0.271 e. The summed E-state index contributed by atoms with van der Waals surface area (Å²) in [4.78, 5) is 12.2. The number of hydrogen-bond acceptors (Lipinski definition) is 3. The van der Waals surface area contributed by atoms with Crippen LogP contribution in [0.2, 0.25) is 5.02 Å². The predicted octanol–water partition coefficient (Wildman–Crippen LogP) is 5.89. The summed E-state index contributed by atoms with van der Waals surface area (Å²) in [5, 5.41) is 4.54. The zero-order valence-electron chi connectivity index (χ0n) is 15.5. The van der Waals surface area contributed by atoms with Crippen molar-refractivity contribution in [3.05, 3.63) is 98.2 Å². The molecule has 3 aromatic rings. The van der Waals surface area contributed by atoms with E-state index in [-0.39, 0.29) is 18.3 Å². The molecule has 0 unspecified atom stereocenters. The highest BCUT2D eigenvalue weighted by Gasteiger charge is 2.07. The second-order valence-electron chi connectivity index (χ2n) is 6.26. The Hall–Kier alpha value is -2.70. The lowest BCUT2D eigenvalue weighted by Gasteiger charge is -2.10. The largest absolute Gasteiger partial charge is 0.488 e. The molecule has 0 bridgehead atoms. The van der Waals surface area contributed by atoms with Gasteiger partial charge in [-0.15, -0.1) is 0 Å². The molecule has 1 N–H and O–H groups in total. The lowest BCUT2D eigenvalue weighted by atomic mass is 10.1. The highest BCUT2D eigenvalue weighted by molar-refractivity contribution is 9.10. The Bertz CT molecular complexity index is 1060. The van der Waals surface area contributed by atoms with E-state index in [0.717, 1.165) is 15.6 Å². The number of benzene rings is 3. The second kappa shape index (κ2) is 9.67. The molecule has 0 heterocycles. The zero-order valence-corrected chi connectivity index (χ0v) is 17.8. The lowest BCUT2D eigenvalue weighted by Crippen LogP contribution is -2.17. The summed E-state index contributed by atoms with van der Waals surface area (Å²) >= 11 is 9.47. The first-order chi connectivity index (χ1) is 13.9. The Morgan fingerprint density at radius 1 is 1.17 bits per heavy atom. The zero-order chi connectivity index (χ0) is 20.8. The van der Waals surface area contributed by atoms with Crippen LogP contribution in [0.1, 0.15) is 27.0 Å². The van der Waals surface area contributed by atoms with Crippen molar-refractivity contribution in [3.8, 4) is 5.75 Å². The molecule has 0 aliphatic rings. The van der Waals surface area contributed by atoms with Crippen molar-refractivity contribution in [1.29, 1.82) is 0 Å². The van der Waals surface area contributed by atoms with Gasteiger partial charge in [-0.25, -0.2) is 9.82 Å². The van der Waals surface area contributed by atoms with E-state index in [1.807, 2.05) is 19.1 Å². The molecule has 3 aromatic carbocycles. The summed E-state index contributed by atoms with van der Waals surface area (Å²) < 4.78 is 19.7. The van der Waals surface area contributed by atoms with Gasteiger partial charge in [0.25, 0.3) is 5.91 Å². The van der Waals surface area contributed by atoms with Crippen LogP contribution < -0.4 is 10.2 Å². The molecule has 7 heteroatoms. The van der Waals surface area contributed by atoms with Gasteiger partial charge in [-0.05, 0) is 60.5 Å². The Kier molecular flexibility index (Phi) is 7.01. The average molecular weight is 476 g/mol. The number of rotatable bonds is 6. The molecule has 0 saturated heterocycles. The van der Waals surface area contributed by atoms with Crippen molar-refractivity contribution in [2.24, 2.45) is 5.10 Å². The molecule has 0 atom stereocenters. The van der Waals surface area contributed by atoms with Crippen LogP contribution >= 0.6 is 27.5 Å². The molecule has 0 spiro atoms. The number of ether oxygens (including phenoxy) is 1. The number of nitrogens with zero attached hydrogens (tertiary/aromatic N) is 1. The van der Waals surface area contributed by atoms with Crippen LogP contribution in [0.25, 0.3) is 0 Å². The minimum absolute atomic E-state index is 0.275. The number of amides is 1. The van der Waals surface area contributed by atoms with Crippen LogP contribution in [0, 0.1) is 12.7 Å². The fraction of sp³-hybridized carbons (Fsp3) is 0.0909. The number of hydrogen-bond donors (Lipinski definition) is 1. The van der Waals surface area contributed by atoms with E-state index in [4.69, 9.17) is 16.3 Å². The molecule has 3 rings (SSSR count). The van der Waals surface area contributed by atoms with E-state index in [9.17, 15) is 9.18 Å². The molecule has 148 valence electrons. The van der Waals surface area contributed by atoms with Gasteiger partial charge < -0.3 is 4.74 Å². The van der Waals surface area contributed by atoms with Crippen LogP contribution in [0.15, 0.2) is 70.2 Å². The van der Waals surface area contributed by atoms with Gasteiger partial charge in [0.1, 0.15) is 18.2 Å². The maximum absolute atomic E-state index is 13.0. The molecule has 0 aromatic heterocycles. The monoisotopic (exact) mass is 474 g/mol. The third-order valence-electron chi connectivity index (χ3n) is 4.08. The number of carbonyl (C=O) groups excluding carboxylic acids is 1. The predicted molar refractivity (Wildman–Crippen MR) is 116 cm³/mol. The number of halogens is 3. The fourth-order valence-corrected chi connectivity index (χ4v) is 3.01. The first-order valence-corrected chi connectivity index (χ1v) is 9.86. The molecular formula is C22H17BrClFN2O2. The number of carbonyl (C=O) groups is 1. The van der Waals surface area contributed by atoms with Gasteiger partial charge in [0.2, 0.25) is 0 Å². The third kappa shape index (κ3) is 5.89. The fourth-order valence-electron chi connectivity index (χ4n) is 2.45. The topological polar surface area (TPSA) is 50.7 Å². The average Bonchev–Trinajstić information content (AvgIpc) is 2.70. The van der Waals surface area contributed by atoms with Crippen LogP contribution in [0.3, 0.4) is 0 Å². The second-order valence-corrected chi connectivity index (χ2v) is 7.58. The van der Waals surface area contributed by atoms with Crippen molar-refractivity contribution in [3.63, 3.8) is 0 Å². The first-order valence-electron chi connectivity index (χ1n) is 8.69. The summed E-state index contributed by atoms with van der Waals surface area (Å²) in [5.74, 6) is -0.0864. The summed E-state index contributed by atoms with van der Waals surface area (Å²) in [7, 11) is 0. The molecular weight excluding hydrogens is 459 g/mol. The summed E-state index contributed by atoms with van der Waals surface area (Å²) in [6, 6.07) is 16.6. The summed E-state index contributed by atoms with van der Waals surface area (Å²) in [6.07, 6.45) is 1.50. The molecule has 29 heavy (non-hydrogen) atoms. The quantitative estimate of drug-likeness (QED) is 0.357. The molecule has 0 saturated carbocycles. The Balaban J connectivity index is 1.69. The van der Waals surface area contributed by atoms with Crippen LogP contribution in [-0.4, -0.2) is 12.1 Å². The molecule has 1 amide bonds. The van der Waals surface area contributed by atoms with E-state index in [1.54, 1.807) is 36.4 Å². The van der Waals surface area contributed by atoms with E-state index in [2.05, 4.69) is 26.5 Å². The maximum Gasteiger partial charge on any atom is 0.271 e. The van der Waals surface area contributed by atoms with E-state index in [1.165, 1.54) is 18.3 Å². The highest BCUT2D eigenvalue weighted by Crippen LogP contribution is 2.23. The van der Waals surface area contributed by atoms with Crippen molar-refractivity contribution >= 4 is 39.7 Å². The SMILES string of the molecule is Cc1ccc(C(=O)N/N=C\c2cc(Br)ccc2OCc2ccc(F)cc2)cc1Cl. The van der Waals surface area contributed by atoms with Gasteiger partial charge in [-0.3, -0.25) is 4.79 Å². The third-order valence-corrected chi connectivity index (χ3v) is 4.98. The molecule has 0 radical (unpaired) electrons. The summed E-state index contributed by atoms with van der Waals surface area (Å²) in [5.41, 5.74) is 5.29. The van der Waals surface area contributed by atoms with Gasteiger partial charge in [0.05, 0.1) is 6.21 Å². The van der Waals surface area contributed by atoms with Crippen molar-refractivity contribution in [2.45, 2.75) is 13.5 Å². The number of hydrazone groups is 1. The van der Waals surface area contributed by atoms with Crippen LogP contribution in [-0.2, 0) is 6.61 Å². The first kappa shape index (κ1) is 21.0. The van der Waals surface area contributed by atoms with E-state index in [0.29, 0.717) is 21.9 Å². The molecule has 0 fully saturated rings. The Morgan fingerprint density at radius 2 is 1.93 bits per heavy atom. The normalized spacial score (nSPS) is 10.9. The van der Waals surface area contributed by atoms with Gasteiger partial charge in [-0.1, -0.05) is 45.7 Å². The molecule has 0 aliphatic heterocycles. The Labute approximate surface area is 181 Å². The van der Waals surface area contributed by atoms with Crippen molar-refractivity contribution in [1.82, 2.24) is 5.43 Å². The number of nitrogens with one attached hydrogen (secondary N) is 1.